The molecule has 0 radical (unpaired) electrons. The average Bonchev–Trinajstić information content (AvgIpc) is 2.51. The molecular weight excluding hydrogens is 316 g/mol. The number of carbonyl (C=O) groups is 1. The topological polar surface area (TPSA) is 66.8 Å². The quantitative estimate of drug-likeness (QED) is 0.832. The molecule has 0 heterocycles. The Morgan fingerprint density at radius 1 is 1.26 bits per heavy atom. The molecule has 2 N–H and O–H groups in total. The number of rotatable bonds is 6. The van der Waals surface area contributed by atoms with Crippen LogP contribution in [0.5, 0.6) is 11.5 Å². The zero-order valence-corrected chi connectivity index (χ0v) is 13.8. The van der Waals surface area contributed by atoms with Crippen LogP contribution in [-0.4, -0.2) is 22.8 Å². The third kappa shape index (κ3) is 4.17. The number of benzene rings is 2. The van der Waals surface area contributed by atoms with Crippen molar-refractivity contribution in [3.8, 4) is 11.5 Å². The van der Waals surface area contributed by atoms with E-state index in [0.29, 0.717) is 22.9 Å². The lowest BCUT2D eigenvalue weighted by molar-refractivity contribution is -0.138. The first-order valence-corrected chi connectivity index (χ1v) is 7.73. The van der Waals surface area contributed by atoms with Crippen molar-refractivity contribution in [3.05, 3.63) is 58.1 Å². The molecule has 2 rings (SSSR count). The molecule has 0 fully saturated rings. The largest absolute Gasteiger partial charge is 0.504 e. The van der Waals surface area contributed by atoms with Crippen molar-refractivity contribution in [2.24, 2.45) is 0 Å². The van der Waals surface area contributed by atoms with E-state index >= 15 is 0 Å². The smallest absolute Gasteiger partial charge is 0.311 e. The Hall–Kier alpha value is -2.20. The molecule has 23 heavy (non-hydrogen) atoms. The van der Waals surface area contributed by atoms with E-state index in [0.717, 1.165) is 11.1 Å². The van der Waals surface area contributed by atoms with E-state index in [1.165, 1.54) is 6.07 Å². The number of aryl methyl sites for hydroxylation is 1. The monoisotopic (exact) mass is 334 g/mol. The maximum absolute atomic E-state index is 11.7. The van der Waals surface area contributed by atoms with Crippen LogP contribution in [0, 0.1) is 6.92 Å². The van der Waals surface area contributed by atoms with Gasteiger partial charge >= 0.3 is 5.97 Å². The van der Waals surface area contributed by atoms with E-state index in [1.807, 2.05) is 19.9 Å². The van der Waals surface area contributed by atoms with Gasteiger partial charge in [-0.1, -0.05) is 29.8 Å². The van der Waals surface area contributed by atoms with Crippen LogP contribution in [0.1, 0.15) is 29.5 Å². The Balaban J connectivity index is 2.31. The zero-order valence-electron chi connectivity index (χ0n) is 13.0. The van der Waals surface area contributed by atoms with Crippen molar-refractivity contribution in [1.82, 2.24) is 0 Å². The minimum Gasteiger partial charge on any atom is -0.504 e. The van der Waals surface area contributed by atoms with Crippen LogP contribution >= 0.6 is 11.6 Å². The van der Waals surface area contributed by atoms with Gasteiger partial charge < -0.3 is 14.9 Å². The molecule has 0 spiro atoms. The molecule has 0 aliphatic carbocycles. The number of aromatic hydroxyl groups is 1. The van der Waals surface area contributed by atoms with Crippen LogP contribution in [0.3, 0.4) is 0 Å². The molecule has 1 unspecified atom stereocenters. The number of carboxylic acid groups (broad SMARTS) is 1. The van der Waals surface area contributed by atoms with E-state index < -0.39 is 11.9 Å². The van der Waals surface area contributed by atoms with Gasteiger partial charge in [0, 0.05) is 5.02 Å². The van der Waals surface area contributed by atoms with Crippen LogP contribution in [0.2, 0.25) is 5.02 Å². The maximum Gasteiger partial charge on any atom is 0.311 e. The molecule has 0 bridgehead atoms. The van der Waals surface area contributed by atoms with E-state index in [-0.39, 0.29) is 12.2 Å². The Kier molecular flexibility index (Phi) is 5.50. The summed E-state index contributed by atoms with van der Waals surface area (Å²) in [6.45, 7) is 4.11. The first kappa shape index (κ1) is 17.2. The van der Waals surface area contributed by atoms with Gasteiger partial charge in [-0.2, -0.15) is 0 Å². The predicted molar refractivity (Wildman–Crippen MR) is 89.5 cm³/mol. The molecule has 4 nitrogen and oxygen atoms in total. The predicted octanol–water partition coefficient (Wildman–Crippen LogP) is 4.16. The van der Waals surface area contributed by atoms with Gasteiger partial charge in [-0.3, -0.25) is 4.79 Å². The van der Waals surface area contributed by atoms with Gasteiger partial charge in [-0.05, 0) is 55.2 Å². The molecule has 0 aliphatic heterocycles. The molecule has 0 saturated heterocycles. The van der Waals surface area contributed by atoms with Crippen LogP contribution in [0.4, 0.5) is 0 Å². The number of ether oxygens (including phenoxy) is 1. The van der Waals surface area contributed by atoms with Crippen molar-refractivity contribution in [3.63, 3.8) is 0 Å². The summed E-state index contributed by atoms with van der Waals surface area (Å²) in [5.41, 5.74) is 2.33. The number of aliphatic carboxylic acids is 1. The lowest BCUT2D eigenvalue weighted by Crippen LogP contribution is -2.14. The van der Waals surface area contributed by atoms with Crippen LogP contribution < -0.4 is 4.74 Å². The number of phenolic OH excluding ortho intramolecular Hbond substituents is 1. The fourth-order valence-corrected chi connectivity index (χ4v) is 2.55. The number of hydrogen-bond acceptors (Lipinski definition) is 3. The second kappa shape index (κ2) is 7.38. The van der Waals surface area contributed by atoms with E-state index in [9.17, 15) is 15.0 Å². The highest BCUT2D eigenvalue weighted by molar-refractivity contribution is 6.31. The van der Waals surface area contributed by atoms with Gasteiger partial charge in [-0.15, -0.1) is 0 Å². The number of hydrogen-bond donors (Lipinski definition) is 2. The van der Waals surface area contributed by atoms with Crippen molar-refractivity contribution < 1.29 is 19.7 Å². The first-order valence-electron chi connectivity index (χ1n) is 7.36. The highest BCUT2D eigenvalue weighted by Crippen LogP contribution is 2.31. The molecule has 0 aromatic heterocycles. The fraction of sp³-hybridized carbons (Fsp3) is 0.278. The summed E-state index contributed by atoms with van der Waals surface area (Å²) in [6.07, 6.45) is 0.287. The normalized spacial score (nSPS) is 12.0. The van der Waals surface area contributed by atoms with E-state index in [4.69, 9.17) is 16.3 Å². The minimum absolute atomic E-state index is 0.0425. The Bertz CT molecular complexity index is 712. The molecule has 2 aromatic rings. The van der Waals surface area contributed by atoms with Gasteiger partial charge in [-0.25, -0.2) is 0 Å². The van der Waals surface area contributed by atoms with Crippen LogP contribution in [0.25, 0.3) is 0 Å². The Labute approximate surface area is 140 Å². The summed E-state index contributed by atoms with van der Waals surface area (Å²) in [4.78, 5) is 11.7. The lowest BCUT2D eigenvalue weighted by atomic mass is 9.91. The third-order valence-electron chi connectivity index (χ3n) is 3.66. The molecule has 0 amide bonds. The molecule has 0 aliphatic rings. The van der Waals surface area contributed by atoms with Gasteiger partial charge in [0.25, 0.3) is 0 Å². The SMILES string of the molecule is CCOc1cc(CC(C(=O)O)c2ccc(C)c(Cl)c2)ccc1O. The van der Waals surface area contributed by atoms with Gasteiger partial charge in [0.1, 0.15) is 0 Å². The summed E-state index contributed by atoms with van der Waals surface area (Å²) < 4.78 is 5.34. The van der Waals surface area contributed by atoms with Crippen molar-refractivity contribution in [1.29, 1.82) is 0 Å². The fourth-order valence-electron chi connectivity index (χ4n) is 2.37. The summed E-state index contributed by atoms with van der Waals surface area (Å²) in [6, 6.07) is 10.2. The van der Waals surface area contributed by atoms with Crippen molar-refractivity contribution >= 4 is 17.6 Å². The molecular formula is C18H19ClO4. The standard InChI is InChI=1S/C18H19ClO4/c1-3-23-17-9-12(5-7-16(17)20)8-14(18(21)22)13-6-4-11(2)15(19)10-13/h4-7,9-10,14,20H,3,8H2,1-2H3,(H,21,22). The van der Waals surface area contributed by atoms with E-state index in [1.54, 1.807) is 24.3 Å². The summed E-state index contributed by atoms with van der Waals surface area (Å²) in [5, 5.41) is 19.8. The van der Waals surface area contributed by atoms with Crippen LogP contribution in [-0.2, 0) is 11.2 Å². The highest BCUT2D eigenvalue weighted by Gasteiger charge is 2.21. The Morgan fingerprint density at radius 2 is 2.00 bits per heavy atom. The average molecular weight is 335 g/mol. The number of halogens is 1. The van der Waals surface area contributed by atoms with E-state index in [2.05, 4.69) is 0 Å². The molecule has 2 aromatic carbocycles. The minimum atomic E-state index is -0.920. The summed E-state index contributed by atoms with van der Waals surface area (Å²) >= 11 is 6.11. The van der Waals surface area contributed by atoms with Crippen LogP contribution in [0.15, 0.2) is 36.4 Å². The van der Waals surface area contributed by atoms with Gasteiger partial charge in [0.2, 0.25) is 0 Å². The van der Waals surface area contributed by atoms with Crippen molar-refractivity contribution in [2.75, 3.05) is 6.61 Å². The molecule has 122 valence electrons. The van der Waals surface area contributed by atoms with Crippen molar-refractivity contribution in [2.45, 2.75) is 26.2 Å². The Morgan fingerprint density at radius 3 is 2.61 bits per heavy atom. The number of carboxylic acids is 1. The second-order valence-electron chi connectivity index (χ2n) is 5.34. The lowest BCUT2D eigenvalue weighted by Gasteiger charge is -2.15. The summed E-state index contributed by atoms with van der Waals surface area (Å²) in [5.74, 6) is -1.24. The summed E-state index contributed by atoms with van der Waals surface area (Å²) in [7, 11) is 0. The first-order chi connectivity index (χ1) is 10.9. The zero-order chi connectivity index (χ0) is 17.0. The second-order valence-corrected chi connectivity index (χ2v) is 5.75. The van der Waals surface area contributed by atoms with Gasteiger partial charge in [0.15, 0.2) is 11.5 Å². The third-order valence-corrected chi connectivity index (χ3v) is 4.07. The van der Waals surface area contributed by atoms with Gasteiger partial charge in [0.05, 0.1) is 12.5 Å². The molecule has 5 heteroatoms. The highest BCUT2D eigenvalue weighted by atomic mass is 35.5. The number of phenols is 1. The molecule has 0 saturated carbocycles. The maximum atomic E-state index is 11.7. The molecule has 1 atom stereocenters.